The molecule has 0 radical (unpaired) electrons. The van der Waals surface area contributed by atoms with Gasteiger partial charge in [0.05, 0.1) is 5.56 Å². The maximum Gasteiger partial charge on any atom is 0.258 e. The minimum absolute atomic E-state index is 0.0752. The average Bonchev–Trinajstić information content (AvgIpc) is 3.03. The van der Waals surface area contributed by atoms with E-state index in [4.69, 9.17) is 0 Å². The van der Waals surface area contributed by atoms with Crippen molar-refractivity contribution in [1.29, 1.82) is 0 Å². The monoisotopic (exact) mass is 208 g/mol. The Morgan fingerprint density at radius 3 is 2.93 bits per heavy atom. The molecule has 0 aliphatic heterocycles. The maximum atomic E-state index is 13.3. The molecule has 1 aliphatic rings. The number of rotatable bonds is 3. The zero-order chi connectivity index (χ0) is 10.8. The van der Waals surface area contributed by atoms with E-state index in [9.17, 15) is 9.18 Å². The quantitative estimate of drug-likeness (QED) is 0.710. The molecule has 1 aromatic heterocycles. The fourth-order valence-corrected chi connectivity index (χ4v) is 1.65. The molecule has 1 aliphatic carbocycles. The van der Waals surface area contributed by atoms with Gasteiger partial charge >= 0.3 is 0 Å². The third-order valence-electron chi connectivity index (χ3n) is 2.58. The zero-order valence-electron chi connectivity index (χ0n) is 8.61. The molecule has 0 unspecified atom stereocenters. The molecule has 2 rings (SSSR count). The molecular weight excluding hydrogens is 195 g/mol. The molecular formula is C11H13FN2O. The third-order valence-corrected chi connectivity index (χ3v) is 2.58. The minimum Gasteiger partial charge on any atom is -0.336 e. The number of halogens is 1. The number of pyridine rings is 1. The highest BCUT2D eigenvalue weighted by Gasteiger charge is 2.32. The number of hydrogen-bond acceptors (Lipinski definition) is 2. The fourth-order valence-electron chi connectivity index (χ4n) is 1.65. The predicted molar refractivity (Wildman–Crippen MR) is 53.9 cm³/mol. The van der Waals surface area contributed by atoms with E-state index in [2.05, 4.69) is 4.98 Å². The lowest BCUT2D eigenvalue weighted by molar-refractivity contribution is 0.0747. The second kappa shape index (κ2) is 3.96. The lowest BCUT2D eigenvalue weighted by Crippen LogP contribution is -2.33. The Hall–Kier alpha value is -1.45. The topological polar surface area (TPSA) is 33.2 Å². The molecule has 0 aromatic carbocycles. The molecule has 4 heteroatoms. The number of amides is 1. The van der Waals surface area contributed by atoms with Crippen LogP contribution in [0.1, 0.15) is 30.1 Å². The van der Waals surface area contributed by atoms with E-state index in [1.54, 1.807) is 11.0 Å². The average molecular weight is 208 g/mol. The highest BCUT2D eigenvalue weighted by molar-refractivity contribution is 5.94. The number of aromatic nitrogens is 1. The summed E-state index contributed by atoms with van der Waals surface area (Å²) in [5.74, 6) is -0.924. The first kappa shape index (κ1) is 10.1. The summed E-state index contributed by atoms with van der Waals surface area (Å²) in [7, 11) is 0. The van der Waals surface area contributed by atoms with Crippen molar-refractivity contribution in [2.45, 2.75) is 25.8 Å². The SMILES string of the molecule is CCN(C(=O)c1cccnc1F)C1CC1. The number of nitrogens with zero attached hydrogens (tertiary/aromatic N) is 2. The Kier molecular flexibility index (Phi) is 2.66. The highest BCUT2D eigenvalue weighted by atomic mass is 19.1. The van der Waals surface area contributed by atoms with Crippen molar-refractivity contribution in [3.8, 4) is 0 Å². The van der Waals surface area contributed by atoms with Gasteiger partial charge in [0.2, 0.25) is 5.95 Å². The standard InChI is InChI=1S/C11H13FN2O/c1-2-14(8-5-6-8)11(15)9-4-3-7-13-10(9)12/h3-4,7-8H,2,5-6H2,1H3. The molecule has 80 valence electrons. The van der Waals surface area contributed by atoms with Crippen LogP contribution >= 0.6 is 0 Å². The minimum atomic E-state index is -0.679. The lowest BCUT2D eigenvalue weighted by atomic mass is 10.2. The molecule has 0 bridgehead atoms. The molecule has 1 saturated carbocycles. The third kappa shape index (κ3) is 1.98. The van der Waals surface area contributed by atoms with Crippen LogP contribution in [-0.4, -0.2) is 28.4 Å². The van der Waals surface area contributed by atoms with Crippen LogP contribution in [0.4, 0.5) is 4.39 Å². The Labute approximate surface area is 87.9 Å². The Morgan fingerprint density at radius 2 is 2.40 bits per heavy atom. The largest absolute Gasteiger partial charge is 0.336 e. The smallest absolute Gasteiger partial charge is 0.258 e. The fraction of sp³-hybridized carbons (Fsp3) is 0.455. The number of carbonyl (C=O) groups is 1. The lowest BCUT2D eigenvalue weighted by Gasteiger charge is -2.20. The molecule has 1 amide bonds. The van der Waals surface area contributed by atoms with Crippen LogP contribution in [0.2, 0.25) is 0 Å². The van der Waals surface area contributed by atoms with Gasteiger partial charge in [-0.2, -0.15) is 4.39 Å². The number of hydrogen-bond donors (Lipinski definition) is 0. The summed E-state index contributed by atoms with van der Waals surface area (Å²) in [5, 5.41) is 0. The van der Waals surface area contributed by atoms with Crippen LogP contribution in [0.3, 0.4) is 0 Å². The summed E-state index contributed by atoms with van der Waals surface area (Å²) in [4.78, 5) is 17.1. The molecule has 0 atom stereocenters. The van der Waals surface area contributed by atoms with Crippen LogP contribution < -0.4 is 0 Å². The van der Waals surface area contributed by atoms with E-state index in [1.165, 1.54) is 12.3 Å². The Balaban J connectivity index is 2.22. The van der Waals surface area contributed by atoms with Crippen molar-refractivity contribution in [2.24, 2.45) is 0 Å². The van der Waals surface area contributed by atoms with Gasteiger partial charge in [0.25, 0.3) is 5.91 Å². The molecule has 1 fully saturated rings. The van der Waals surface area contributed by atoms with Crippen LogP contribution in [0.25, 0.3) is 0 Å². The first-order valence-electron chi connectivity index (χ1n) is 5.15. The zero-order valence-corrected chi connectivity index (χ0v) is 8.61. The van der Waals surface area contributed by atoms with E-state index < -0.39 is 5.95 Å². The van der Waals surface area contributed by atoms with Crippen LogP contribution in [0.5, 0.6) is 0 Å². The van der Waals surface area contributed by atoms with Gasteiger partial charge in [0, 0.05) is 18.8 Å². The molecule has 0 N–H and O–H groups in total. The molecule has 1 aromatic rings. The van der Waals surface area contributed by atoms with Crippen LogP contribution in [0.15, 0.2) is 18.3 Å². The summed E-state index contributed by atoms with van der Waals surface area (Å²) >= 11 is 0. The van der Waals surface area contributed by atoms with E-state index in [-0.39, 0.29) is 11.5 Å². The van der Waals surface area contributed by atoms with Gasteiger partial charge in [0.1, 0.15) is 0 Å². The van der Waals surface area contributed by atoms with E-state index in [0.29, 0.717) is 12.6 Å². The molecule has 3 nitrogen and oxygen atoms in total. The number of carbonyl (C=O) groups excluding carboxylic acids is 1. The molecule has 1 heterocycles. The molecule has 15 heavy (non-hydrogen) atoms. The summed E-state index contributed by atoms with van der Waals surface area (Å²) in [6.45, 7) is 2.53. The van der Waals surface area contributed by atoms with E-state index in [0.717, 1.165) is 12.8 Å². The normalized spacial score (nSPS) is 15.1. The molecule has 0 saturated heterocycles. The van der Waals surface area contributed by atoms with E-state index >= 15 is 0 Å². The Bertz CT molecular complexity index is 377. The second-order valence-electron chi connectivity index (χ2n) is 3.66. The van der Waals surface area contributed by atoms with Crippen molar-refractivity contribution in [1.82, 2.24) is 9.88 Å². The first-order chi connectivity index (χ1) is 7.24. The summed E-state index contributed by atoms with van der Waals surface area (Å²) in [6, 6.07) is 3.37. The van der Waals surface area contributed by atoms with Gasteiger partial charge in [-0.3, -0.25) is 4.79 Å². The van der Waals surface area contributed by atoms with Crippen molar-refractivity contribution < 1.29 is 9.18 Å². The van der Waals surface area contributed by atoms with Gasteiger partial charge in [-0.05, 0) is 31.9 Å². The van der Waals surface area contributed by atoms with Gasteiger partial charge in [0.15, 0.2) is 0 Å². The summed E-state index contributed by atoms with van der Waals surface area (Å²) in [6.07, 6.45) is 3.41. The maximum absolute atomic E-state index is 13.3. The van der Waals surface area contributed by atoms with Crippen molar-refractivity contribution >= 4 is 5.91 Å². The van der Waals surface area contributed by atoms with Crippen molar-refractivity contribution in [2.75, 3.05) is 6.54 Å². The predicted octanol–water partition coefficient (Wildman–Crippen LogP) is 1.85. The summed E-state index contributed by atoms with van der Waals surface area (Å²) < 4.78 is 13.3. The van der Waals surface area contributed by atoms with Crippen molar-refractivity contribution in [3.05, 3.63) is 29.8 Å². The summed E-state index contributed by atoms with van der Waals surface area (Å²) in [5.41, 5.74) is 0.0752. The van der Waals surface area contributed by atoms with Gasteiger partial charge in [-0.1, -0.05) is 0 Å². The van der Waals surface area contributed by atoms with E-state index in [1.807, 2.05) is 6.92 Å². The van der Waals surface area contributed by atoms with Gasteiger partial charge < -0.3 is 4.90 Å². The second-order valence-corrected chi connectivity index (χ2v) is 3.66. The van der Waals surface area contributed by atoms with Gasteiger partial charge in [-0.25, -0.2) is 4.98 Å². The van der Waals surface area contributed by atoms with Gasteiger partial charge in [-0.15, -0.1) is 0 Å². The highest BCUT2D eigenvalue weighted by Crippen LogP contribution is 2.28. The Morgan fingerprint density at radius 1 is 1.67 bits per heavy atom. The first-order valence-corrected chi connectivity index (χ1v) is 5.15. The van der Waals surface area contributed by atoms with Crippen LogP contribution in [0, 0.1) is 5.95 Å². The molecule has 0 spiro atoms. The van der Waals surface area contributed by atoms with Crippen LogP contribution in [-0.2, 0) is 0 Å². The van der Waals surface area contributed by atoms with Crippen molar-refractivity contribution in [3.63, 3.8) is 0 Å².